The maximum atomic E-state index is 14.2. The van der Waals surface area contributed by atoms with Crippen molar-refractivity contribution in [3.8, 4) is 5.75 Å². The maximum Gasteiger partial charge on any atom is 0.300 e. The number of carbonyl (C=O) groups is 2. The summed E-state index contributed by atoms with van der Waals surface area (Å²) in [6.45, 7) is 6.30. The highest BCUT2D eigenvalue weighted by Crippen LogP contribution is 2.43. The van der Waals surface area contributed by atoms with Gasteiger partial charge in [0.2, 0.25) is 0 Å². The SMILES string of the molecule is CCOc1ccc(/C(O)=C2/C(=O)C(=O)N(c3ccc(F)c(F)c3)C2c2ccc(N(C)C)cc2)cc1C(C)C. The maximum absolute atomic E-state index is 14.2. The van der Waals surface area contributed by atoms with E-state index in [4.69, 9.17) is 4.74 Å². The third kappa shape index (κ3) is 4.86. The fraction of sp³-hybridized carbons (Fsp3) is 0.267. The number of ether oxygens (including phenoxy) is 1. The number of ketones is 1. The summed E-state index contributed by atoms with van der Waals surface area (Å²) in [5.41, 5.74) is 2.44. The second kappa shape index (κ2) is 10.7. The molecule has 198 valence electrons. The molecule has 1 atom stereocenters. The Labute approximate surface area is 220 Å². The third-order valence-corrected chi connectivity index (χ3v) is 6.56. The second-order valence-electron chi connectivity index (χ2n) is 9.59. The molecule has 1 heterocycles. The van der Waals surface area contributed by atoms with E-state index in [2.05, 4.69) is 0 Å². The summed E-state index contributed by atoms with van der Waals surface area (Å²) in [4.78, 5) is 29.7. The molecule has 3 aromatic carbocycles. The molecule has 38 heavy (non-hydrogen) atoms. The molecule has 0 spiro atoms. The van der Waals surface area contributed by atoms with E-state index >= 15 is 0 Å². The predicted molar refractivity (Wildman–Crippen MR) is 144 cm³/mol. The number of amides is 1. The van der Waals surface area contributed by atoms with Crippen LogP contribution in [-0.2, 0) is 9.59 Å². The molecule has 6 nitrogen and oxygen atoms in total. The Balaban J connectivity index is 1.94. The van der Waals surface area contributed by atoms with Crippen LogP contribution in [0.4, 0.5) is 20.2 Å². The van der Waals surface area contributed by atoms with Gasteiger partial charge in [-0.25, -0.2) is 8.78 Å². The molecule has 1 aliphatic rings. The Morgan fingerprint density at radius 1 is 1.00 bits per heavy atom. The Hall–Kier alpha value is -4.20. The van der Waals surface area contributed by atoms with Crippen LogP contribution in [-0.4, -0.2) is 37.5 Å². The predicted octanol–water partition coefficient (Wildman–Crippen LogP) is 6.18. The molecule has 1 aliphatic heterocycles. The number of aliphatic hydroxyl groups excluding tert-OH is 1. The lowest BCUT2D eigenvalue weighted by atomic mass is 9.93. The van der Waals surface area contributed by atoms with Gasteiger partial charge in [-0.3, -0.25) is 14.5 Å². The van der Waals surface area contributed by atoms with E-state index in [1.165, 1.54) is 6.07 Å². The van der Waals surface area contributed by atoms with E-state index in [1.807, 2.05) is 51.9 Å². The zero-order valence-corrected chi connectivity index (χ0v) is 22.0. The summed E-state index contributed by atoms with van der Waals surface area (Å²) in [7, 11) is 3.75. The van der Waals surface area contributed by atoms with Crippen LogP contribution >= 0.6 is 0 Å². The van der Waals surface area contributed by atoms with Crippen LogP contribution in [0.5, 0.6) is 5.75 Å². The van der Waals surface area contributed by atoms with Gasteiger partial charge in [0.05, 0.1) is 18.2 Å². The van der Waals surface area contributed by atoms with E-state index in [1.54, 1.807) is 30.3 Å². The van der Waals surface area contributed by atoms with Gasteiger partial charge in [-0.2, -0.15) is 0 Å². The number of benzene rings is 3. The smallest absolute Gasteiger partial charge is 0.300 e. The van der Waals surface area contributed by atoms with E-state index in [-0.39, 0.29) is 22.9 Å². The van der Waals surface area contributed by atoms with Crippen LogP contribution in [0.1, 0.15) is 49.4 Å². The van der Waals surface area contributed by atoms with Crippen LogP contribution in [0.25, 0.3) is 5.76 Å². The zero-order valence-electron chi connectivity index (χ0n) is 22.0. The summed E-state index contributed by atoms with van der Waals surface area (Å²) in [6.07, 6.45) is 0. The fourth-order valence-corrected chi connectivity index (χ4v) is 4.59. The molecule has 1 saturated heterocycles. The van der Waals surface area contributed by atoms with Crippen molar-refractivity contribution in [3.05, 3.63) is 94.6 Å². The highest BCUT2D eigenvalue weighted by atomic mass is 19.2. The molecule has 0 bridgehead atoms. The topological polar surface area (TPSA) is 70.1 Å². The molecule has 8 heteroatoms. The van der Waals surface area contributed by atoms with Crippen molar-refractivity contribution in [2.75, 3.05) is 30.5 Å². The summed E-state index contributed by atoms with van der Waals surface area (Å²) < 4.78 is 33.6. The number of carbonyl (C=O) groups excluding carboxylic acids is 2. The monoisotopic (exact) mass is 520 g/mol. The lowest BCUT2D eigenvalue weighted by molar-refractivity contribution is -0.132. The summed E-state index contributed by atoms with van der Waals surface area (Å²) in [6, 6.07) is 14.1. The van der Waals surface area contributed by atoms with Crippen molar-refractivity contribution in [1.29, 1.82) is 0 Å². The molecule has 0 aliphatic carbocycles. The number of hydrogen-bond acceptors (Lipinski definition) is 5. The number of halogens is 2. The quantitative estimate of drug-likeness (QED) is 0.229. The van der Waals surface area contributed by atoms with Crippen molar-refractivity contribution >= 4 is 28.8 Å². The Kier molecular flexibility index (Phi) is 7.53. The number of Topliss-reactive ketones (excluding diaryl/α,β-unsaturated/α-hetero) is 1. The second-order valence-corrected chi connectivity index (χ2v) is 9.59. The number of anilines is 2. The van der Waals surface area contributed by atoms with E-state index in [0.717, 1.165) is 28.3 Å². The highest BCUT2D eigenvalue weighted by molar-refractivity contribution is 6.51. The van der Waals surface area contributed by atoms with Gasteiger partial charge in [0.25, 0.3) is 11.7 Å². The number of rotatable bonds is 7. The summed E-state index contributed by atoms with van der Waals surface area (Å²) in [5.74, 6) is -3.74. The Morgan fingerprint density at radius 3 is 2.26 bits per heavy atom. The molecule has 1 amide bonds. The van der Waals surface area contributed by atoms with Crippen LogP contribution < -0.4 is 14.5 Å². The van der Waals surface area contributed by atoms with Crippen molar-refractivity contribution in [2.24, 2.45) is 0 Å². The van der Waals surface area contributed by atoms with Gasteiger partial charge >= 0.3 is 0 Å². The average molecular weight is 521 g/mol. The van der Waals surface area contributed by atoms with Gasteiger partial charge in [0, 0.05) is 37.1 Å². The lowest BCUT2D eigenvalue weighted by Gasteiger charge is -2.26. The zero-order chi connectivity index (χ0) is 27.7. The average Bonchev–Trinajstić information content (AvgIpc) is 3.15. The standard InChI is InChI=1S/C30H30F2N2O4/c1-6-38-25-14-9-19(15-22(25)17(2)3)28(35)26-27(18-7-10-20(11-8-18)33(4)5)34(30(37)29(26)36)21-12-13-23(31)24(32)16-21/h7-17,27,35H,6H2,1-5H3/b28-26-. The first-order valence-corrected chi connectivity index (χ1v) is 12.4. The van der Waals surface area contributed by atoms with Crippen LogP contribution in [0, 0.1) is 11.6 Å². The van der Waals surface area contributed by atoms with Crippen LogP contribution in [0.3, 0.4) is 0 Å². The number of hydrogen-bond donors (Lipinski definition) is 1. The minimum absolute atomic E-state index is 0.00120. The number of aliphatic hydroxyl groups is 1. The first kappa shape index (κ1) is 26.9. The molecule has 1 fully saturated rings. The Morgan fingerprint density at radius 2 is 1.68 bits per heavy atom. The molecule has 3 aromatic rings. The van der Waals surface area contributed by atoms with Crippen molar-refractivity contribution in [2.45, 2.75) is 32.7 Å². The third-order valence-electron chi connectivity index (χ3n) is 6.56. The van der Waals surface area contributed by atoms with Gasteiger partial charge in [0.15, 0.2) is 11.6 Å². The summed E-state index contributed by atoms with van der Waals surface area (Å²) in [5, 5.41) is 11.5. The highest BCUT2D eigenvalue weighted by Gasteiger charge is 2.47. The molecule has 1 unspecified atom stereocenters. The molecular weight excluding hydrogens is 490 g/mol. The minimum Gasteiger partial charge on any atom is -0.507 e. The normalized spacial score (nSPS) is 16.8. The van der Waals surface area contributed by atoms with E-state index in [0.29, 0.717) is 23.5 Å². The van der Waals surface area contributed by atoms with Crippen LogP contribution in [0.2, 0.25) is 0 Å². The van der Waals surface area contributed by atoms with Gasteiger partial charge in [-0.05, 0) is 66.4 Å². The van der Waals surface area contributed by atoms with Crippen molar-refractivity contribution in [1.82, 2.24) is 0 Å². The first-order chi connectivity index (χ1) is 18.0. The molecule has 0 radical (unpaired) electrons. The van der Waals surface area contributed by atoms with E-state index in [9.17, 15) is 23.5 Å². The van der Waals surface area contributed by atoms with E-state index < -0.39 is 29.4 Å². The molecule has 4 rings (SSSR count). The minimum atomic E-state index is -1.15. The molecule has 0 saturated carbocycles. The van der Waals surface area contributed by atoms with Crippen molar-refractivity contribution < 1.29 is 28.2 Å². The van der Waals surface area contributed by atoms with Gasteiger partial charge in [0.1, 0.15) is 11.5 Å². The first-order valence-electron chi connectivity index (χ1n) is 12.4. The number of nitrogens with zero attached hydrogens (tertiary/aromatic N) is 2. The largest absolute Gasteiger partial charge is 0.507 e. The van der Waals surface area contributed by atoms with Crippen molar-refractivity contribution in [3.63, 3.8) is 0 Å². The van der Waals surface area contributed by atoms with Gasteiger partial charge < -0.3 is 14.7 Å². The Bertz CT molecular complexity index is 1410. The fourth-order valence-electron chi connectivity index (χ4n) is 4.59. The van der Waals surface area contributed by atoms with Crippen LogP contribution in [0.15, 0.2) is 66.2 Å². The lowest BCUT2D eigenvalue weighted by Crippen LogP contribution is -2.29. The summed E-state index contributed by atoms with van der Waals surface area (Å²) >= 11 is 0. The van der Waals surface area contributed by atoms with Gasteiger partial charge in [-0.1, -0.05) is 26.0 Å². The molecular formula is C30H30F2N2O4. The van der Waals surface area contributed by atoms with Gasteiger partial charge in [-0.15, -0.1) is 0 Å². The molecule has 1 N–H and O–H groups in total. The molecule has 0 aromatic heterocycles.